The van der Waals surface area contributed by atoms with Gasteiger partial charge in [-0.05, 0) is 44.6 Å². The van der Waals surface area contributed by atoms with E-state index in [2.05, 4.69) is 5.32 Å². The van der Waals surface area contributed by atoms with Crippen LogP contribution in [0.4, 0.5) is 0 Å². The predicted octanol–water partition coefficient (Wildman–Crippen LogP) is 1.58. The lowest BCUT2D eigenvalue weighted by Crippen LogP contribution is -2.47. The molecule has 0 spiro atoms. The van der Waals surface area contributed by atoms with Crippen LogP contribution in [0.1, 0.15) is 16.6 Å². The lowest BCUT2D eigenvalue weighted by molar-refractivity contribution is 0.0326. The van der Waals surface area contributed by atoms with E-state index in [0.29, 0.717) is 11.4 Å². The number of nitrogens with zero attached hydrogens (tertiary/aromatic N) is 2. The van der Waals surface area contributed by atoms with Crippen LogP contribution in [0.5, 0.6) is 0 Å². The van der Waals surface area contributed by atoms with Gasteiger partial charge in [0.2, 0.25) is 0 Å². The number of rotatable bonds is 6. The van der Waals surface area contributed by atoms with E-state index in [1.54, 1.807) is 6.92 Å². The first kappa shape index (κ1) is 15.8. The van der Waals surface area contributed by atoms with Crippen LogP contribution < -0.4 is 5.32 Å². The summed E-state index contributed by atoms with van der Waals surface area (Å²) in [6, 6.07) is 5.75. The molecule has 0 aromatic carbocycles. The minimum Gasteiger partial charge on any atom is -0.387 e. The summed E-state index contributed by atoms with van der Waals surface area (Å²) in [5.74, 6) is -0.160. The second-order valence-electron chi connectivity index (χ2n) is 5.64. The molecule has 0 saturated carbocycles. The lowest BCUT2D eigenvalue weighted by atomic mass is 10.1. The van der Waals surface area contributed by atoms with Crippen molar-refractivity contribution in [3.05, 3.63) is 40.8 Å². The van der Waals surface area contributed by atoms with Gasteiger partial charge < -0.3 is 19.9 Å². The molecule has 0 aliphatic carbocycles. The Bertz CT molecular complexity index is 588. The smallest absolute Gasteiger partial charge is 0.263 e. The van der Waals surface area contributed by atoms with Crippen LogP contribution in [0.3, 0.4) is 0 Å². The summed E-state index contributed by atoms with van der Waals surface area (Å²) in [4.78, 5) is 14.9. The summed E-state index contributed by atoms with van der Waals surface area (Å²) in [5.41, 5.74) is -0.0981. The molecule has 2 N–H and O–H groups in total. The first-order valence-electron chi connectivity index (χ1n) is 6.75. The maximum Gasteiger partial charge on any atom is 0.263 e. The molecule has 5 nitrogen and oxygen atoms in total. The number of aromatic nitrogens is 1. The van der Waals surface area contributed by atoms with Crippen molar-refractivity contribution in [1.82, 2.24) is 14.8 Å². The summed E-state index contributed by atoms with van der Waals surface area (Å²) in [7, 11) is 3.78. The number of thiophene rings is 1. The Balaban J connectivity index is 2.04. The predicted molar refractivity (Wildman–Crippen MR) is 85.2 cm³/mol. The number of carbonyl (C=O) groups is 1. The van der Waals surface area contributed by atoms with Gasteiger partial charge in [-0.25, -0.2) is 0 Å². The molecule has 2 aromatic heterocycles. The molecule has 21 heavy (non-hydrogen) atoms. The van der Waals surface area contributed by atoms with Crippen LogP contribution >= 0.6 is 11.3 Å². The monoisotopic (exact) mass is 307 g/mol. The molecule has 0 saturated heterocycles. The van der Waals surface area contributed by atoms with Crippen LogP contribution in [0.25, 0.3) is 5.69 Å². The van der Waals surface area contributed by atoms with Crippen molar-refractivity contribution in [2.24, 2.45) is 0 Å². The van der Waals surface area contributed by atoms with Gasteiger partial charge in [0.15, 0.2) is 0 Å². The number of aliphatic hydroxyl groups is 1. The van der Waals surface area contributed by atoms with E-state index < -0.39 is 5.60 Å². The van der Waals surface area contributed by atoms with Crippen molar-refractivity contribution in [1.29, 1.82) is 0 Å². The van der Waals surface area contributed by atoms with E-state index >= 15 is 0 Å². The van der Waals surface area contributed by atoms with Gasteiger partial charge in [0.25, 0.3) is 5.91 Å². The van der Waals surface area contributed by atoms with Crippen LogP contribution in [0, 0.1) is 0 Å². The zero-order valence-electron chi connectivity index (χ0n) is 12.5. The third-order valence-corrected chi connectivity index (χ3v) is 3.92. The van der Waals surface area contributed by atoms with Gasteiger partial charge in [-0.1, -0.05) is 0 Å². The highest BCUT2D eigenvalue weighted by molar-refractivity contribution is 7.12. The van der Waals surface area contributed by atoms with Crippen molar-refractivity contribution >= 4 is 17.2 Å². The molecule has 1 atom stereocenters. The standard InChI is InChI=1S/C15H21N3O2S/c1-15(20,11-17(2)3)10-16-14(19)13-12(6-9-21-13)18-7-4-5-8-18/h4-9,20H,10-11H2,1-3H3,(H,16,19). The molecule has 1 unspecified atom stereocenters. The van der Waals surface area contributed by atoms with Crippen molar-refractivity contribution in [3.63, 3.8) is 0 Å². The average Bonchev–Trinajstić information content (AvgIpc) is 3.04. The molecule has 2 heterocycles. The Morgan fingerprint density at radius 3 is 2.71 bits per heavy atom. The van der Waals surface area contributed by atoms with Gasteiger partial charge in [0.05, 0.1) is 11.3 Å². The Hall–Kier alpha value is -1.63. The Morgan fingerprint density at radius 2 is 2.10 bits per heavy atom. The molecule has 0 fully saturated rings. The van der Waals surface area contributed by atoms with E-state index in [1.165, 1.54) is 11.3 Å². The first-order chi connectivity index (χ1) is 9.89. The highest BCUT2D eigenvalue weighted by atomic mass is 32.1. The maximum absolute atomic E-state index is 12.3. The zero-order chi connectivity index (χ0) is 15.5. The second kappa shape index (κ2) is 6.43. The normalized spacial score (nSPS) is 14.1. The van der Waals surface area contributed by atoms with Gasteiger partial charge in [-0.15, -0.1) is 11.3 Å². The summed E-state index contributed by atoms with van der Waals surface area (Å²) in [6.45, 7) is 2.42. The van der Waals surface area contributed by atoms with E-state index in [9.17, 15) is 9.90 Å². The van der Waals surface area contributed by atoms with E-state index in [4.69, 9.17) is 0 Å². The first-order valence-corrected chi connectivity index (χ1v) is 7.63. The molecule has 2 rings (SSSR count). The van der Waals surface area contributed by atoms with E-state index in [-0.39, 0.29) is 12.5 Å². The molecular weight excluding hydrogens is 286 g/mol. The molecule has 6 heteroatoms. The molecule has 0 bridgehead atoms. The van der Waals surface area contributed by atoms with E-state index in [1.807, 2.05) is 59.5 Å². The minimum absolute atomic E-state index is 0.160. The van der Waals surface area contributed by atoms with Crippen LogP contribution in [0.15, 0.2) is 36.0 Å². The number of likely N-dealkylation sites (N-methyl/N-ethyl adjacent to an activating group) is 1. The fourth-order valence-electron chi connectivity index (χ4n) is 2.26. The summed E-state index contributed by atoms with van der Waals surface area (Å²) >= 11 is 1.40. The van der Waals surface area contributed by atoms with Crippen LogP contribution in [0.2, 0.25) is 0 Å². The SMILES string of the molecule is CN(C)CC(C)(O)CNC(=O)c1sccc1-n1cccc1. The molecule has 1 amide bonds. The third-order valence-electron chi connectivity index (χ3n) is 3.02. The quantitative estimate of drug-likeness (QED) is 0.852. The molecular formula is C15H21N3O2S. The van der Waals surface area contributed by atoms with Gasteiger partial charge in [-0.2, -0.15) is 0 Å². The molecule has 114 valence electrons. The number of carbonyl (C=O) groups excluding carboxylic acids is 1. The maximum atomic E-state index is 12.3. The van der Waals surface area contributed by atoms with Gasteiger partial charge >= 0.3 is 0 Å². The molecule has 0 aliphatic heterocycles. The average molecular weight is 307 g/mol. The zero-order valence-corrected chi connectivity index (χ0v) is 13.4. The lowest BCUT2D eigenvalue weighted by Gasteiger charge is -2.27. The Morgan fingerprint density at radius 1 is 1.43 bits per heavy atom. The highest BCUT2D eigenvalue weighted by Crippen LogP contribution is 2.21. The van der Waals surface area contributed by atoms with Crippen LogP contribution in [-0.4, -0.2) is 53.3 Å². The van der Waals surface area contributed by atoms with Gasteiger partial charge in [0, 0.05) is 25.5 Å². The van der Waals surface area contributed by atoms with Gasteiger partial charge in [0.1, 0.15) is 4.88 Å². The van der Waals surface area contributed by atoms with Crippen molar-refractivity contribution in [2.45, 2.75) is 12.5 Å². The van der Waals surface area contributed by atoms with Crippen molar-refractivity contribution in [2.75, 3.05) is 27.2 Å². The van der Waals surface area contributed by atoms with Crippen molar-refractivity contribution < 1.29 is 9.90 Å². The fourth-order valence-corrected chi connectivity index (χ4v) is 3.07. The van der Waals surface area contributed by atoms with Crippen molar-refractivity contribution in [3.8, 4) is 5.69 Å². The minimum atomic E-state index is -0.954. The summed E-state index contributed by atoms with van der Waals surface area (Å²) in [6.07, 6.45) is 3.81. The fraction of sp³-hybridized carbons (Fsp3) is 0.400. The Kier molecular flexibility index (Phi) is 4.82. The highest BCUT2D eigenvalue weighted by Gasteiger charge is 2.23. The summed E-state index contributed by atoms with van der Waals surface area (Å²) < 4.78 is 1.91. The molecule has 0 radical (unpaired) electrons. The third kappa shape index (κ3) is 4.17. The largest absolute Gasteiger partial charge is 0.387 e. The topological polar surface area (TPSA) is 57.5 Å². The number of nitrogens with one attached hydrogen (secondary N) is 1. The molecule has 0 aliphatic rings. The number of hydrogen-bond donors (Lipinski definition) is 2. The number of amides is 1. The Labute approximate surface area is 128 Å². The van der Waals surface area contributed by atoms with Crippen LogP contribution in [-0.2, 0) is 0 Å². The molecule has 2 aromatic rings. The summed E-state index contributed by atoms with van der Waals surface area (Å²) in [5, 5.41) is 14.9. The van der Waals surface area contributed by atoms with E-state index in [0.717, 1.165) is 5.69 Å². The number of hydrogen-bond acceptors (Lipinski definition) is 4. The van der Waals surface area contributed by atoms with Gasteiger partial charge in [-0.3, -0.25) is 4.79 Å². The second-order valence-corrected chi connectivity index (χ2v) is 6.56.